The number of hydrogen-bond acceptors (Lipinski definition) is 5. The highest BCUT2D eigenvalue weighted by Crippen LogP contribution is 2.25. The lowest BCUT2D eigenvalue weighted by Gasteiger charge is -2.11. The Morgan fingerprint density at radius 1 is 1.04 bits per heavy atom. The first kappa shape index (κ1) is 16.2. The molecule has 0 spiro atoms. The zero-order valence-corrected chi connectivity index (χ0v) is 12.9. The number of nitrogens with one attached hydrogen (secondary N) is 2. The maximum absolute atomic E-state index is 12.0. The van der Waals surface area contributed by atoms with Crippen LogP contribution in [0.2, 0.25) is 0 Å². The van der Waals surface area contributed by atoms with Crippen molar-refractivity contribution in [1.82, 2.24) is 0 Å². The molecule has 0 fully saturated rings. The molecule has 0 atom stereocenters. The zero-order chi connectivity index (χ0) is 16.7. The van der Waals surface area contributed by atoms with E-state index in [1.807, 2.05) is 6.07 Å². The first-order valence-corrected chi connectivity index (χ1v) is 6.91. The summed E-state index contributed by atoms with van der Waals surface area (Å²) in [5.41, 5.74) is 1.93. The summed E-state index contributed by atoms with van der Waals surface area (Å²) in [6, 6.07) is 14.1. The fourth-order valence-corrected chi connectivity index (χ4v) is 1.93. The van der Waals surface area contributed by atoms with E-state index in [2.05, 4.69) is 10.6 Å². The van der Waals surface area contributed by atoms with Crippen LogP contribution in [-0.2, 0) is 4.79 Å². The number of nitriles is 1. The average molecular weight is 311 g/mol. The third-order valence-corrected chi connectivity index (χ3v) is 3.10. The van der Waals surface area contributed by atoms with Crippen molar-refractivity contribution in [2.45, 2.75) is 0 Å². The van der Waals surface area contributed by atoms with E-state index < -0.39 is 0 Å². The number of ether oxygens (including phenoxy) is 2. The second-order valence-corrected chi connectivity index (χ2v) is 4.69. The molecule has 0 aromatic heterocycles. The Bertz CT molecular complexity index is 699. The van der Waals surface area contributed by atoms with Crippen LogP contribution in [0, 0.1) is 11.3 Å². The second kappa shape index (κ2) is 7.71. The number of nitrogens with zero attached hydrogens (tertiary/aromatic N) is 1. The van der Waals surface area contributed by atoms with Gasteiger partial charge in [-0.25, -0.2) is 0 Å². The van der Waals surface area contributed by atoms with Crippen LogP contribution in [0.3, 0.4) is 0 Å². The van der Waals surface area contributed by atoms with Gasteiger partial charge in [-0.15, -0.1) is 0 Å². The largest absolute Gasteiger partial charge is 0.497 e. The predicted octanol–water partition coefficient (Wildman–Crippen LogP) is 2.63. The van der Waals surface area contributed by atoms with Crippen molar-refractivity contribution >= 4 is 17.3 Å². The number of carbonyl (C=O) groups is 1. The molecule has 0 saturated carbocycles. The number of amides is 1. The maximum Gasteiger partial charge on any atom is 0.243 e. The monoisotopic (exact) mass is 311 g/mol. The van der Waals surface area contributed by atoms with E-state index in [4.69, 9.17) is 14.7 Å². The first-order valence-electron chi connectivity index (χ1n) is 6.91. The van der Waals surface area contributed by atoms with Gasteiger partial charge in [0.2, 0.25) is 5.91 Å². The molecule has 0 radical (unpaired) electrons. The minimum atomic E-state index is -0.204. The number of methoxy groups -OCH3 is 2. The average Bonchev–Trinajstić information content (AvgIpc) is 2.60. The molecule has 2 N–H and O–H groups in total. The number of rotatable bonds is 6. The van der Waals surface area contributed by atoms with Crippen LogP contribution in [0.15, 0.2) is 42.5 Å². The molecule has 2 rings (SSSR count). The van der Waals surface area contributed by atoms with Crippen molar-refractivity contribution in [2.75, 3.05) is 31.4 Å². The maximum atomic E-state index is 12.0. The van der Waals surface area contributed by atoms with Gasteiger partial charge in [0.15, 0.2) is 0 Å². The first-order chi connectivity index (χ1) is 11.1. The molecular formula is C17H17N3O3. The smallest absolute Gasteiger partial charge is 0.243 e. The van der Waals surface area contributed by atoms with E-state index in [1.165, 1.54) is 0 Å². The van der Waals surface area contributed by atoms with E-state index in [-0.39, 0.29) is 12.5 Å². The van der Waals surface area contributed by atoms with Gasteiger partial charge < -0.3 is 20.1 Å². The van der Waals surface area contributed by atoms with Crippen LogP contribution in [0.4, 0.5) is 11.4 Å². The van der Waals surface area contributed by atoms with E-state index in [9.17, 15) is 4.79 Å². The fraction of sp³-hybridized carbons (Fsp3) is 0.176. The van der Waals surface area contributed by atoms with Gasteiger partial charge in [0.05, 0.1) is 32.4 Å². The highest BCUT2D eigenvalue weighted by Gasteiger charge is 2.06. The number of carbonyl (C=O) groups excluding carboxylic acids is 1. The van der Waals surface area contributed by atoms with Crippen molar-refractivity contribution in [3.05, 3.63) is 48.0 Å². The molecule has 6 nitrogen and oxygen atoms in total. The van der Waals surface area contributed by atoms with E-state index in [0.717, 1.165) is 5.69 Å². The predicted molar refractivity (Wildman–Crippen MR) is 87.8 cm³/mol. The number of hydrogen-bond donors (Lipinski definition) is 2. The van der Waals surface area contributed by atoms with Crippen LogP contribution < -0.4 is 20.1 Å². The summed E-state index contributed by atoms with van der Waals surface area (Å²) < 4.78 is 10.3. The van der Waals surface area contributed by atoms with E-state index in [1.54, 1.807) is 56.7 Å². The van der Waals surface area contributed by atoms with E-state index in [0.29, 0.717) is 22.7 Å². The lowest BCUT2D eigenvalue weighted by molar-refractivity contribution is -0.114. The second-order valence-electron chi connectivity index (χ2n) is 4.69. The quantitative estimate of drug-likeness (QED) is 0.857. The molecule has 0 aliphatic carbocycles. The third kappa shape index (κ3) is 4.64. The van der Waals surface area contributed by atoms with Gasteiger partial charge in [0.25, 0.3) is 0 Å². The fourth-order valence-electron chi connectivity index (χ4n) is 1.93. The summed E-state index contributed by atoms with van der Waals surface area (Å²) in [4.78, 5) is 12.0. The van der Waals surface area contributed by atoms with Crippen LogP contribution >= 0.6 is 0 Å². The van der Waals surface area contributed by atoms with Crippen molar-refractivity contribution in [3.8, 4) is 17.6 Å². The van der Waals surface area contributed by atoms with Crippen molar-refractivity contribution < 1.29 is 14.3 Å². The molecule has 0 bridgehead atoms. The van der Waals surface area contributed by atoms with Gasteiger partial charge in [-0.3, -0.25) is 4.79 Å². The van der Waals surface area contributed by atoms with Crippen molar-refractivity contribution in [2.24, 2.45) is 0 Å². The van der Waals surface area contributed by atoms with Crippen molar-refractivity contribution in [1.29, 1.82) is 5.26 Å². The Hall–Kier alpha value is -3.20. The Morgan fingerprint density at radius 2 is 1.65 bits per heavy atom. The molecule has 0 heterocycles. The molecule has 0 saturated heterocycles. The molecule has 0 aliphatic rings. The van der Waals surface area contributed by atoms with Gasteiger partial charge in [-0.05, 0) is 24.3 Å². The van der Waals surface area contributed by atoms with Crippen LogP contribution in [0.1, 0.15) is 5.56 Å². The van der Waals surface area contributed by atoms with Gasteiger partial charge in [0.1, 0.15) is 11.5 Å². The Kier molecular flexibility index (Phi) is 5.42. The zero-order valence-electron chi connectivity index (χ0n) is 12.9. The molecular weight excluding hydrogens is 294 g/mol. The molecule has 1 amide bonds. The highest BCUT2D eigenvalue weighted by molar-refractivity contribution is 5.94. The molecule has 6 heteroatoms. The Balaban J connectivity index is 1.95. The molecule has 2 aromatic rings. The van der Waals surface area contributed by atoms with Crippen LogP contribution in [0.5, 0.6) is 11.5 Å². The molecule has 0 aliphatic heterocycles. The van der Waals surface area contributed by atoms with E-state index >= 15 is 0 Å². The van der Waals surface area contributed by atoms with Gasteiger partial charge in [-0.1, -0.05) is 0 Å². The van der Waals surface area contributed by atoms with Crippen molar-refractivity contribution in [3.63, 3.8) is 0 Å². The normalized spacial score (nSPS) is 9.61. The molecule has 118 valence electrons. The standard InChI is InChI=1S/C17H17N3O3/c1-22-15-7-14(8-16(9-15)23-2)20-17(21)11-19-13-5-3-12(10-18)4-6-13/h3-9,19H,11H2,1-2H3,(H,20,21). The van der Waals surface area contributed by atoms with Crippen LogP contribution in [0.25, 0.3) is 0 Å². The summed E-state index contributed by atoms with van der Waals surface area (Å²) >= 11 is 0. The number of anilines is 2. The minimum absolute atomic E-state index is 0.103. The third-order valence-electron chi connectivity index (χ3n) is 3.10. The Labute approximate surface area is 134 Å². The van der Waals surface area contributed by atoms with Gasteiger partial charge >= 0.3 is 0 Å². The van der Waals surface area contributed by atoms with Gasteiger partial charge in [0, 0.05) is 29.6 Å². The lowest BCUT2D eigenvalue weighted by atomic mass is 10.2. The highest BCUT2D eigenvalue weighted by atomic mass is 16.5. The topological polar surface area (TPSA) is 83.4 Å². The number of benzene rings is 2. The SMILES string of the molecule is COc1cc(NC(=O)CNc2ccc(C#N)cc2)cc(OC)c1. The van der Waals surface area contributed by atoms with Gasteiger partial charge in [-0.2, -0.15) is 5.26 Å². The molecule has 0 unspecified atom stereocenters. The lowest BCUT2D eigenvalue weighted by Crippen LogP contribution is -2.21. The summed E-state index contributed by atoms with van der Waals surface area (Å²) in [5.74, 6) is 0.990. The summed E-state index contributed by atoms with van der Waals surface area (Å²) in [5, 5.41) is 14.5. The summed E-state index contributed by atoms with van der Waals surface area (Å²) in [7, 11) is 3.10. The molecule has 23 heavy (non-hydrogen) atoms. The van der Waals surface area contributed by atoms with Crippen LogP contribution in [-0.4, -0.2) is 26.7 Å². The summed E-state index contributed by atoms with van der Waals surface area (Å²) in [6.45, 7) is 0.103. The molecule has 2 aromatic carbocycles. The minimum Gasteiger partial charge on any atom is -0.497 e. The Morgan fingerprint density at radius 3 is 2.17 bits per heavy atom. The summed E-state index contributed by atoms with van der Waals surface area (Å²) in [6.07, 6.45) is 0.